The van der Waals surface area contributed by atoms with Crippen molar-refractivity contribution < 1.29 is 4.42 Å². The fraction of sp³-hybridized carbons (Fsp3) is 0.733. The summed E-state index contributed by atoms with van der Waals surface area (Å²) in [5.41, 5.74) is 7.24. The van der Waals surface area contributed by atoms with E-state index in [1.165, 1.54) is 25.1 Å². The van der Waals surface area contributed by atoms with Crippen molar-refractivity contribution in [2.45, 2.75) is 47.2 Å². The molecule has 2 N–H and O–H groups in total. The smallest absolute Gasteiger partial charge is 0.120 e. The van der Waals surface area contributed by atoms with E-state index in [1.54, 1.807) is 0 Å². The van der Waals surface area contributed by atoms with Crippen LogP contribution >= 0.6 is 0 Å². The maximum atomic E-state index is 5.78. The lowest BCUT2D eigenvalue weighted by Gasteiger charge is -2.26. The molecule has 2 heterocycles. The van der Waals surface area contributed by atoms with Gasteiger partial charge in [0.15, 0.2) is 0 Å². The van der Waals surface area contributed by atoms with Gasteiger partial charge >= 0.3 is 0 Å². The van der Waals surface area contributed by atoms with Crippen LogP contribution in [0.2, 0.25) is 0 Å². The lowest BCUT2D eigenvalue weighted by Crippen LogP contribution is -2.25. The molecule has 1 unspecified atom stereocenters. The van der Waals surface area contributed by atoms with Gasteiger partial charge in [-0.25, -0.2) is 0 Å². The number of nitrogens with zero attached hydrogens (tertiary/aromatic N) is 1. The van der Waals surface area contributed by atoms with Crippen LogP contribution in [0.1, 0.15) is 44.3 Å². The zero-order valence-electron chi connectivity index (χ0n) is 12.1. The van der Waals surface area contributed by atoms with Gasteiger partial charge in [-0.15, -0.1) is 0 Å². The van der Waals surface area contributed by atoms with Gasteiger partial charge in [0, 0.05) is 6.54 Å². The average molecular weight is 250 g/mol. The lowest BCUT2D eigenvalue weighted by molar-refractivity contribution is 0.218. The first-order valence-corrected chi connectivity index (χ1v) is 6.90. The highest BCUT2D eigenvalue weighted by molar-refractivity contribution is 5.19. The highest BCUT2D eigenvalue weighted by Gasteiger charge is 2.31. The Kier molecular flexibility index (Phi) is 3.83. The summed E-state index contributed by atoms with van der Waals surface area (Å²) in [7, 11) is 0. The Balaban J connectivity index is 1.95. The number of hydrogen-bond acceptors (Lipinski definition) is 3. The van der Waals surface area contributed by atoms with E-state index in [0.717, 1.165) is 24.0 Å². The Morgan fingerprint density at radius 2 is 2.17 bits per heavy atom. The molecule has 1 aliphatic heterocycles. The molecule has 1 atom stereocenters. The van der Waals surface area contributed by atoms with Gasteiger partial charge in [-0.1, -0.05) is 20.8 Å². The molecule has 0 bridgehead atoms. The quantitative estimate of drug-likeness (QED) is 0.897. The normalized spacial score (nSPS) is 21.7. The summed E-state index contributed by atoms with van der Waals surface area (Å²) in [6.07, 6.45) is 1.30. The van der Waals surface area contributed by atoms with E-state index in [1.807, 2.05) is 0 Å². The second kappa shape index (κ2) is 5.06. The Morgan fingerprint density at radius 3 is 2.67 bits per heavy atom. The van der Waals surface area contributed by atoms with Crippen molar-refractivity contribution >= 4 is 0 Å². The maximum Gasteiger partial charge on any atom is 0.120 e. The minimum atomic E-state index is 0.413. The summed E-state index contributed by atoms with van der Waals surface area (Å²) in [5.74, 6) is 2.78. The van der Waals surface area contributed by atoms with Gasteiger partial charge < -0.3 is 10.2 Å². The van der Waals surface area contributed by atoms with Gasteiger partial charge in [0.2, 0.25) is 0 Å². The van der Waals surface area contributed by atoms with Gasteiger partial charge in [0.05, 0.1) is 13.1 Å². The van der Waals surface area contributed by atoms with Crippen LogP contribution in [-0.4, -0.2) is 18.0 Å². The lowest BCUT2D eigenvalue weighted by atomic mass is 9.80. The van der Waals surface area contributed by atoms with E-state index in [0.29, 0.717) is 12.0 Å². The van der Waals surface area contributed by atoms with Crippen LogP contribution in [0.25, 0.3) is 0 Å². The van der Waals surface area contributed by atoms with Crippen LogP contribution in [-0.2, 0) is 13.1 Å². The Hall–Kier alpha value is -0.800. The molecule has 0 spiro atoms. The first kappa shape index (κ1) is 13.6. The van der Waals surface area contributed by atoms with Gasteiger partial charge in [-0.2, -0.15) is 0 Å². The summed E-state index contributed by atoms with van der Waals surface area (Å²) < 4.78 is 5.78. The third kappa shape index (κ3) is 2.96. The molecule has 0 aromatic carbocycles. The van der Waals surface area contributed by atoms with Crippen molar-refractivity contribution in [1.29, 1.82) is 0 Å². The summed E-state index contributed by atoms with van der Waals surface area (Å²) >= 11 is 0. The second-order valence-corrected chi connectivity index (χ2v) is 6.61. The van der Waals surface area contributed by atoms with Gasteiger partial charge in [0.25, 0.3) is 0 Å². The van der Waals surface area contributed by atoms with Crippen LogP contribution in [0.15, 0.2) is 10.5 Å². The molecule has 0 aliphatic carbocycles. The largest absolute Gasteiger partial charge is 0.463 e. The summed E-state index contributed by atoms with van der Waals surface area (Å²) in [6, 6.07) is 2.13. The third-order valence-electron chi connectivity index (χ3n) is 4.13. The van der Waals surface area contributed by atoms with Gasteiger partial charge in [0.1, 0.15) is 11.5 Å². The molecule has 18 heavy (non-hydrogen) atoms. The predicted octanol–water partition coefficient (Wildman–Crippen LogP) is 2.91. The molecule has 1 saturated heterocycles. The Labute approximate surface area is 110 Å². The topological polar surface area (TPSA) is 42.4 Å². The zero-order valence-corrected chi connectivity index (χ0v) is 12.1. The van der Waals surface area contributed by atoms with Gasteiger partial charge in [-0.3, -0.25) is 4.90 Å². The van der Waals surface area contributed by atoms with Crippen molar-refractivity contribution in [3.05, 3.63) is 23.2 Å². The number of hydrogen-bond donors (Lipinski definition) is 1. The molecule has 1 fully saturated rings. The number of rotatable bonds is 3. The standard InChI is InChI=1S/C15H26N2O/c1-11-7-13(18-14(11)8-16)10-17-6-5-12(9-17)15(2,3)4/h7,12H,5-6,8-10,16H2,1-4H3. The number of furan rings is 1. The molecule has 1 aliphatic rings. The van der Waals surface area contributed by atoms with E-state index in [-0.39, 0.29) is 0 Å². The Morgan fingerprint density at radius 1 is 1.44 bits per heavy atom. The maximum absolute atomic E-state index is 5.78. The Bertz CT molecular complexity index is 403. The number of aryl methyl sites for hydroxylation is 1. The molecule has 3 heteroatoms. The van der Waals surface area contributed by atoms with E-state index in [9.17, 15) is 0 Å². The monoisotopic (exact) mass is 250 g/mol. The number of nitrogens with two attached hydrogens (primary N) is 1. The molecular formula is C15H26N2O. The molecule has 0 amide bonds. The highest BCUT2D eigenvalue weighted by Crippen LogP contribution is 2.34. The zero-order chi connectivity index (χ0) is 13.3. The predicted molar refractivity (Wildman–Crippen MR) is 74.2 cm³/mol. The van der Waals surface area contributed by atoms with Crippen LogP contribution < -0.4 is 5.73 Å². The SMILES string of the molecule is Cc1cc(CN2CCC(C(C)(C)C)C2)oc1CN. The summed E-state index contributed by atoms with van der Waals surface area (Å²) in [6.45, 7) is 12.9. The molecule has 2 rings (SSSR count). The molecular weight excluding hydrogens is 224 g/mol. The molecule has 0 radical (unpaired) electrons. The van der Waals surface area contributed by atoms with E-state index < -0.39 is 0 Å². The minimum absolute atomic E-state index is 0.413. The minimum Gasteiger partial charge on any atom is -0.463 e. The highest BCUT2D eigenvalue weighted by atomic mass is 16.3. The molecule has 102 valence electrons. The average Bonchev–Trinajstić information content (AvgIpc) is 2.85. The first-order chi connectivity index (χ1) is 8.40. The third-order valence-corrected chi connectivity index (χ3v) is 4.13. The molecule has 3 nitrogen and oxygen atoms in total. The van der Waals surface area contributed by atoms with Crippen molar-refractivity contribution in [2.75, 3.05) is 13.1 Å². The molecule has 0 saturated carbocycles. The number of likely N-dealkylation sites (tertiary alicyclic amines) is 1. The van der Waals surface area contributed by atoms with Crippen molar-refractivity contribution in [1.82, 2.24) is 4.90 Å². The molecule has 1 aromatic heterocycles. The van der Waals surface area contributed by atoms with Crippen LogP contribution in [0.4, 0.5) is 0 Å². The van der Waals surface area contributed by atoms with Crippen molar-refractivity contribution in [2.24, 2.45) is 17.1 Å². The van der Waals surface area contributed by atoms with Crippen LogP contribution in [0.5, 0.6) is 0 Å². The van der Waals surface area contributed by atoms with Crippen molar-refractivity contribution in [3.8, 4) is 0 Å². The second-order valence-electron chi connectivity index (χ2n) is 6.61. The van der Waals surface area contributed by atoms with E-state index in [2.05, 4.69) is 38.7 Å². The molecule has 1 aromatic rings. The van der Waals surface area contributed by atoms with Crippen molar-refractivity contribution in [3.63, 3.8) is 0 Å². The van der Waals surface area contributed by atoms with E-state index >= 15 is 0 Å². The first-order valence-electron chi connectivity index (χ1n) is 6.90. The van der Waals surface area contributed by atoms with Crippen LogP contribution in [0.3, 0.4) is 0 Å². The summed E-state index contributed by atoms with van der Waals surface area (Å²) in [4.78, 5) is 2.49. The fourth-order valence-electron chi connectivity index (χ4n) is 2.77. The van der Waals surface area contributed by atoms with Gasteiger partial charge in [-0.05, 0) is 42.9 Å². The summed E-state index contributed by atoms with van der Waals surface area (Å²) in [5, 5.41) is 0. The fourth-order valence-corrected chi connectivity index (χ4v) is 2.77. The van der Waals surface area contributed by atoms with E-state index in [4.69, 9.17) is 10.2 Å². The van der Waals surface area contributed by atoms with Crippen LogP contribution in [0, 0.1) is 18.3 Å².